The first-order valence-electron chi connectivity index (χ1n) is 11.2. The summed E-state index contributed by atoms with van der Waals surface area (Å²) in [5, 5.41) is 6.16. The van der Waals surface area contributed by atoms with Crippen molar-refractivity contribution in [3.8, 4) is 0 Å². The van der Waals surface area contributed by atoms with Gasteiger partial charge in [-0.05, 0) is 30.3 Å². The van der Waals surface area contributed by atoms with Gasteiger partial charge < -0.3 is 26.2 Å². The van der Waals surface area contributed by atoms with Crippen molar-refractivity contribution in [2.24, 2.45) is 5.73 Å². The highest BCUT2D eigenvalue weighted by Gasteiger charge is 2.19. The standard InChI is InChI=1S/C25H26F2N6O2/c1-16(34)32-8-10-33(11-9-32)20-6-4-19(5-7-20)31-24-13-23(21(15-30-24)25(28)35)29-14-17-2-3-18(26)12-22(17)27/h2-7,12-13,15H,8-11,14H2,1H3,(H2,28,35)(H2,29,30,31). The molecule has 182 valence electrons. The molecule has 1 fully saturated rings. The monoisotopic (exact) mass is 480 g/mol. The number of aromatic nitrogens is 1. The summed E-state index contributed by atoms with van der Waals surface area (Å²) in [4.78, 5) is 31.7. The topological polar surface area (TPSA) is 104 Å². The van der Waals surface area contributed by atoms with E-state index in [0.29, 0.717) is 24.6 Å². The van der Waals surface area contributed by atoms with E-state index >= 15 is 0 Å². The molecule has 2 amide bonds. The molecule has 0 bridgehead atoms. The Kier molecular flexibility index (Phi) is 7.09. The van der Waals surface area contributed by atoms with E-state index in [1.54, 1.807) is 13.0 Å². The van der Waals surface area contributed by atoms with Gasteiger partial charge >= 0.3 is 0 Å². The molecule has 1 aliphatic heterocycles. The summed E-state index contributed by atoms with van der Waals surface area (Å²) < 4.78 is 27.1. The fraction of sp³-hybridized carbons (Fsp3) is 0.240. The first kappa shape index (κ1) is 23.9. The van der Waals surface area contributed by atoms with Crippen molar-refractivity contribution in [3.05, 3.63) is 77.5 Å². The number of hydrogen-bond donors (Lipinski definition) is 3. The van der Waals surface area contributed by atoms with Crippen LogP contribution in [0.5, 0.6) is 0 Å². The second kappa shape index (κ2) is 10.4. The van der Waals surface area contributed by atoms with Crippen LogP contribution in [0.2, 0.25) is 0 Å². The van der Waals surface area contributed by atoms with Crippen molar-refractivity contribution in [2.75, 3.05) is 41.7 Å². The third-order valence-corrected chi connectivity index (χ3v) is 5.88. The van der Waals surface area contributed by atoms with Crippen LogP contribution in [-0.2, 0) is 11.3 Å². The number of anilines is 4. The van der Waals surface area contributed by atoms with Crippen molar-refractivity contribution in [2.45, 2.75) is 13.5 Å². The van der Waals surface area contributed by atoms with Crippen LogP contribution in [0.1, 0.15) is 22.8 Å². The van der Waals surface area contributed by atoms with Crippen molar-refractivity contribution in [1.82, 2.24) is 9.88 Å². The zero-order valence-electron chi connectivity index (χ0n) is 19.2. The lowest BCUT2D eigenvalue weighted by molar-refractivity contribution is -0.129. The molecule has 1 aromatic heterocycles. The maximum Gasteiger partial charge on any atom is 0.252 e. The van der Waals surface area contributed by atoms with E-state index in [9.17, 15) is 18.4 Å². The third kappa shape index (κ3) is 5.84. The summed E-state index contributed by atoms with van der Waals surface area (Å²) in [6.07, 6.45) is 1.34. The number of rotatable bonds is 7. The lowest BCUT2D eigenvalue weighted by atomic mass is 10.1. The molecule has 4 rings (SSSR count). The van der Waals surface area contributed by atoms with Gasteiger partial charge in [-0.15, -0.1) is 0 Å². The van der Waals surface area contributed by atoms with Gasteiger partial charge in [-0.1, -0.05) is 6.07 Å². The zero-order valence-corrected chi connectivity index (χ0v) is 19.2. The van der Waals surface area contributed by atoms with Gasteiger partial charge in [-0.3, -0.25) is 9.59 Å². The van der Waals surface area contributed by atoms with Gasteiger partial charge in [0.15, 0.2) is 0 Å². The molecule has 0 spiro atoms. The summed E-state index contributed by atoms with van der Waals surface area (Å²) in [6, 6.07) is 12.7. The summed E-state index contributed by atoms with van der Waals surface area (Å²) in [5.41, 5.74) is 8.07. The van der Waals surface area contributed by atoms with Gasteiger partial charge in [0.05, 0.1) is 11.3 Å². The summed E-state index contributed by atoms with van der Waals surface area (Å²) >= 11 is 0. The van der Waals surface area contributed by atoms with Crippen molar-refractivity contribution < 1.29 is 18.4 Å². The van der Waals surface area contributed by atoms with Gasteiger partial charge in [-0.2, -0.15) is 0 Å². The van der Waals surface area contributed by atoms with Crippen LogP contribution in [0.25, 0.3) is 0 Å². The van der Waals surface area contributed by atoms with Crippen LogP contribution in [0.4, 0.5) is 31.7 Å². The molecule has 1 saturated heterocycles. The number of carbonyl (C=O) groups is 2. The first-order chi connectivity index (χ1) is 16.8. The Bertz CT molecular complexity index is 1230. The van der Waals surface area contributed by atoms with E-state index in [1.807, 2.05) is 29.2 Å². The van der Waals surface area contributed by atoms with Gasteiger partial charge in [-0.25, -0.2) is 13.8 Å². The Morgan fingerprint density at radius 2 is 1.74 bits per heavy atom. The minimum absolute atomic E-state index is 0.0292. The highest BCUT2D eigenvalue weighted by molar-refractivity contribution is 5.98. The molecule has 10 heteroatoms. The van der Waals surface area contributed by atoms with Crippen LogP contribution < -0.4 is 21.3 Å². The molecule has 0 unspecified atom stereocenters. The van der Waals surface area contributed by atoms with Crippen molar-refractivity contribution in [1.29, 1.82) is 0 Å². The van der Waals surface area contributed by atoms with E-state index < -0.39 is 17.5 Å². The average Bonchev–Trinajstić information content (AvgIpc) is 2.84. The predicted molar refractivity (Wildman–Crippen MR) is 131 cm³/mol. The number of nitrogens with two attached hydrogens (primary N) is 1. The van der Waals surface area contributed by atoms with Crippen molar-refractivity contribution in [3.63, 3.8) is 0 Å². The van der Waals surface area contributed by atoms with E-state index in [-0.39, 0.29) is 23.6 Å². The minimum atomic E-state index is -0.687. The summed E-state index contributed by atoms with van der Waals surface area (Å²) in [6.45, 7) is 4.55. The average molecular weight is 481 g/mol. The molecular weight excluding hydrogens is 454 g/mol. The fourth-order valence-electron chi connectivity index (χ4n) is 3.90. The smallest absolute Gasteiger partial charge is 0.252 e. The third-order valence-electron chi connectivity index (χ3n) is 5.88. The van der Waals surface area contributed by atoms with E-state index in [2.05, 4.69) is 20.5 Å². The molecule has 1 aliphatic rings. The van der Waals surface area contributed by atoms with E-state index in [0.717, 1.165) is 30.5 Å². The maximum absolute atomic E-state index is 14.0. The Balaban J connectivity index is 1.44. The Hall–Kier alpha value is -4.21. The van der Waals surface area contributed by atoms with Gasteiger partial charge in [0.1, 0.15) is 17.5 Å². The Morgan fingerprint density at radius 1 is 1.03 bits per heavy atom. The largest absolute Gasteiger partial charge is 0.380 e. The van der Waals surface area contributed by atoms with Gasteiger partial charge in [0.2, 0.25) is 5.91 Å². The number of pyridine rings is 1. The number of carbonyl (C=O) groups excluding carboxylic acids is 2. The highest BCUT2D eigenvalue weighted by Crippen LogP contribution is 2.25. The number of halogens is 2. The van der Waals surface area contributed by atoms with E-state index in [1.165, 1.54) is 18.3 Å². The number of nitrogens with zero attached hydrogens (tertiary/aromatic N) is 3. The first-order valence-corrected chi connectivity index (χ1v) is 11.2. The second-order valence-corrected chi connectivity index (χ2v) is 8.23. The lowest BCUT2D eigenvalue weighted by Gasteiger charge is -2.35. The lowest BCUT2D eigenvalue weighted by Crippen LogP contribution is -2.48. The number of piperazine rings is 1. The molecule has 2 heterocycles. The summed E-state index contributed by atoms with van der Waals surface area (Å²) in [7, 11) is 0. The quantitative estimate of drug-likeness (QED) is 0.478. The molecule has 0 saturated carbocycles. The van der Waals surface area contributed by atoms with Crippen molar-refractivity contribution >= 4 is 34.7 Å². The molecule has 8 nitrogen and oxygen atoms in total. The number of amides is 2. The van der Waals surface area contributed by atoms with Gasteiger partial charge in [0, 0.05) is 74.9 Å². The molecular formula is C25H26F2N6O2. The number of primary amides is 1. The highest BCUT2D eigenvalue weighted by atomic mass is 19.1. The zero-order chi connectivity index (χ0) is 24.9. The maximum atomic E-state index is 14.0. The van der Waals surface area contributed by atoms with Crippen LogP contribution in [0, 0.1) is 11.6 Å². The fourth-order valence-corrected chi connectivity index (χ4v) is 3.90. The number of benzene rings is 2. The molecule has 0 atom stereocenters. The Morgan fingerprint density at radius 3 is 2.37 bits per heavy atom. The van der Waals surface area contributed by atoms with E-state index in [4.69, 9.17) is 5.73 Å². The van der Waals surface area contributed by atoms with Gasteiger partial charge in [0.25, 0.3) is 5.91 Å². The number of hydrogen-bond acceptors (Lipinski definition) is 6. The Labute approximate surface area is 201 Å². The molecule has 0 radical (unpaired) electrons. The predicted octanol–water partition coefficient (Wildman–Crippen LogP) is 3.48. The molecule has 3 aromatic rings. The second-order valence-electron chi connectivity index (χ2n) is 8.23. The molecule has 4 N–H and O–H groups in total. The molecule has 35 heavy (non-hydrogen) atoms. The minimum Gasteiger partial charge on any atom is -0.380 e. The van der Waals surface area contributed by atoms with Crippen LogP contribution >= 0.6 is 0 Å². The molecule has 2 aromatic carbocycles. The van der Waals surface area contributed by atoms with Crippen LogP contribution in [-0.4, -0.2) is 47.9 Å². The summed E-state index contributed by atoms with van der Waals surface area (Å²) in [5.74, 6) is -1.48. The van der Waals surface area contributed by atoms with Crippen LogP contribution in [0.15, 0.2) is 54.7 Å². The number of nitrogens with one attached hydrogen (secondary N) is 2. The molecule has 0 aliphatic carbocycles. The normalized spacial score (nSPS) is 13.5. The SMILES string of the molecule is CC(=O)N1CCN(c2ccc(Nc3cc(NCc4ccc(F)cc4F)c(C(N)=O)cn3)cc2)CC1. The van der Waals surface area contributed by atoms with Crippen LogP contribution in [0.3, 0.4) is 0 Å².